The summed E-state index contributed by atoms with van der Waals surface area (Å²) in [5, 5.41) is 11.6. The van der Waals surface area contributed by atoms with Gasteiger partial charge in [0.05, 0.1) is 17.7 Å². The first kappa shape index (κ1) is 14.5. The highest BCUT2D eigenvalue weighted by Crippen LogP contribution is 2.21. The minimum atomic E-state index is -0.0557. The Morgan fingerprint density at radius 3 is 2.33 bits per heavy atom. The molecule has 0 amide bonds. The Labute approximate surface area is 122 Å². The van der Waals surface area contributed by atoms with Crippen LogP contribution in [0, 0.1) is 11.3 Å². The van der Waals surface area contributed by atoms with Crippen molar-refractivity contribution in [2.45, 2.75) is 20.0 Å². The summed E-state index contributed by atoms with van der Waals surface area (Å²) < 4.78 is 11.0. The molecule has 1 N–H and O–H groups in total. The van der Waals surface area contributed by atoms with Crippen molar-refractivity contribution in [1.29, 1.82) is 5.26 Å². The van der Waals surface area contributed by atoms with E-state index in [1.165, 1.54) is 0 Å². The quantitative estimate of drug-likeness (QED) is 0.901. The number of ether oxygens (including phenoxy) is 2. The van der Waals surface area contributed by atoms with Gasteiger partial charge in [0, 0.05) is 7.05 Å². The molecule has 0 saturated heterocycles. The van der Waals surface area contributed by atoms with Gasteiger partial charge in [-0.05, 0) is 38.1 Å². The molecule has 21 heavy (non-hydrogen) atoms. The molecule has 0 unspecified atom stereocenters. The first-order valence-electron chi connectivity index (χ1n) is 6.39. The summed E-state index contributed by atoms with van der Waals surface area (Å²) in [4.78, 5) is 12.3. The van der Waals surface area contributed by atoms with Crippen LogP contribution in [0.5, 0.6) is 17.8 Å². The average molecular weight is 285 g/mol. The van der Waals surface area contributed by atoms with Crippen molar-refractivity contribution in [3.63, 3.8) is 0 Å². The predicted molar refractivity (Wildman–Crippen MR) is 76.4 cm³/mol. The largest absolute Gasteiger partial charge is 0.461 e. The molecule has 0 aliphatic carbocycles. The highest BCUT2D eigenvalue weighted by molar-refractivity contribution is 5.36. The van der Waals surface area contributed by atoms with Crippen molar-refractivity contribution < 1.29 is 9.47 Å². The Balaban J connectivity index is 2.23. The van der Waals surface area contributed by atoms with Gasteiger partial charge in [-0.3, -0.25) is 0 Å². The Morgan fingerprint density at radius 2 is 1.76 bits per heavy atom. The lowest BCUT2D eigenvalue weighted by molar-refractivity contribution is 0.218. The summed E-state index contributed by atoms with van der Waals surface area (Å²) in [5.74, 6) is 0.877. The number of nitrogens with zero attached hydrogens (tertiary/aromatic N) is 4. The number of hydrogen-bond acceptors (Lipinski definition) is 7. The molecule has 7 nitrogen and oxygen atoms in total. The summed E-state index contributed by atoms with van der Waals surface area (Å²) >= 11 is 0. The lowest BCUT2D eigenvalue weighted by atomic mass is 10.2. The van der Waals surface area contributed by atoms with Crippen molar-refractivity contribution in [2.24, 2.45) is 0 Å². The van der Waals surface area contributed by atoms with E-state index >= 15 is 0 Å². The SMILES string of the molecule is CNc1nc(Oc2ccc(C#N)cc2)nc(OC(C)C)n1. The van der Waals surface area contributed by atoms with Crippen LogP contribution < -0.4 is 14.8 Å². The fourth-order valence-corrected chi connectivity index (χ4v) is 1.46. The highest BCUT2D eigenvalue weighted by atomic mass is 16.5. The monoisotopic (exact) mass is 285 g/mol. The molecule has 108 valence electrons. The Bertz CT molecular complexity index is 649. The van der Waals surface area contributed by atoms with Gasteiger partial charge in [0.2, 0.25) is 5.95 Å². The zero-order chi connectivity index (χ0) is 15.2. The van der Waals surface area contributed by atoms with Gasteiger partial charge in [0.1, 0.15) is 5.75 Å². The second-order valence-electron chi connectivity index (χ2n) is 4.38. The standard InChI is InChI=1S/C14H15N5O2/c1-9(2)20-13-17-12(16-3)18-14(19-13)21-11-6-4-10(8-15)5-7-11/h4-7,9H,1-3H3,(H,16,17,18,19). The second kappa shape index (κ2) is 6.52. The van der Waals surface area contributed by atoms with Gasteiger partial charge in [-0.15, -0.1) is 4.98 Å². The molecule has 1 aromatic carbocycles. The molecule has 1 aromatic heterocycles. The van der Waals surface area contributed by atoms with E-state index in [9.17, 15) is 0 Å². The second-order valence-corrected chi connectivity index (χ2v) is 4.38. The maximum atomic E-state index is 8.76. The molecule has 0 spiro atoms. The predicted octanol–water partition coefficient (Wildman–Crippen LogP) is 2.36. The number of anilines is 1. The first-order chi connectivity index (χ1) is 10.1. The Hall–Kier alpha value is -2.88. The van der Waals surface area contributed by atoms with Crippen molar-refractivity contribution in [2.75, 3.05) is 12.4 Å². The van der Waals surface area contributed by atoms with Gasteiger partial charge in [-0.2, -0.15) is 15.2 Å². The van der Waals surface area contributed by atoms with Gasteiger partial charge in [-0.25, -0.2) is 0 Å². The fraction of sp³-hybridized carbons (Fsp3) is 0.286. The number of nitrogens with one attached hydrogen (secondary N) is 1. The third kappa shape index (κ3) is 4.04. The zero-order valence-corrected chi connectivity index (χ0v) is 12.0. The van der Waals surface area contributed by atoms with Crippen LogP contribution in [0.15, 0.2) is 24.3 Å². The highest BCUT2D eigenvalue weighted by Gasteiger charge is 2.10. The molecule has 0 aliphatic rings. The van der Waals surface area contributed by atoms with Crippen LogP contribution in [-0.4, -0.2) is 28.1 Å². The van der Waals surface area contributed by atoms with Crippen LogP contribution >= 0.6 is 0 Å². The molecule has 0 atom stereocenters. The minimum Gasteiger partial charge on any atom is -0.461 e. The molecule has 0 fully saturated rings. The van der Waals surface area contributed by atoms with Gasteiger partial charge in [0.25, 0.3) is 0 Å². The first-order valence-corrected chi connectivity index (χ1v) is 6.39. The fourth-order valence-electron chi connectivity index (χ4n) is 1.46. The molecule has 2 aromatic rings. The van der Waals surface area contributed by atoms with E-state index in [0.717, 1.165) is 0 Å². The Kier molecular flexibility index (Phi) is 4.51. The molecule has 2 rings (SSSR count). The summed E-state index contributed by atoms with van der Waals surface area (Å²) in [6, 6.07) is 9.00. The van der Waals surface area contributed by atoms with E-state index in [-0.39, 0.29) is 18.1 Å². The van der Waals surface area contributed by atoms with Crippen molar-refractivity contribution in [3.8, 4) is 23.8 Å². The topological polar surface area (TPSA) is 93.0 Å². The van der Waals surface area contributed by atoms with Crippen LogP contribution in [0.3, 0.4) is 0 Å². The van der Waals surface area contributed by atoms with Gasteiger partial charge < -0.3 is 14.8 Å². The van der Waals surface area contributed by atoms with Gasteiger partial charge in [0.15, 0.2) is 0 Å². The Morgan fingerprint density at radius 1 is 1.10 bits per heavy atom. The molecule has 0 saturated carbocycles. The van der Waals surface area contributed by atoms with Crippen LogP contribution in [-0.2, 0) is 0 Å². The van der Waals surface area contributed by atoms with E-state index in [1.54, 1.807) is 31.3 Å². The lowest BCUT2D eigenvalue weighted by Gasteiger charge is -2.10. The van der Waals surface area contributed by atoms with E-state index in [4.69, 9.17) is 14.7 Å². The number of rotatable bonds is 5. The van der Waals surface area contributed by atoms with Crippen LogP contribution in [0.25, 0.3) is 0 Å². The van der Waals surface area contributed by atoms with E-state index in [2.05, 4.69) is 20.3 Å². The summed E-state index contributed by atoms with van der Waals surface area (Å²) in [7, 11) is 1.69. The molecule has 0 bridgehead atoms. The van der Waals surface area contributed by atoms with Crippen molar-refractivity contribution >= 4 is 5.95 Å². The molecule has 0 radical (unpaired) electrons. The summed E-state index contributed by atoms with van der Waals surface area (Å²) in [6.07, 6.45) is -0.0557. The number of aromatic nitrogens is 3. The smallest absolute Gasteiger partial charge is 0.330 e. The third-order valence-corrected chi connectivity index (χ3v) is 2.35. The zero-order valence-electron chi connectivity index (χ0n) is 12.0. The van der Waals surface area contributed by atoms with Crippen molar-refractivity contribution in [1.82, 2.24) is 15.0 Å². The molecular weight excluding hydrogens is 270 g/mol. The van der Waals surface area contributed by atoms with Crippen LogP contribution in [0.1, 0.15) is 19.4 Å². The number of nitriles is 1. The minimum absolute atomic E-state index is 0.0557. The van der Waals surface area contributed by atoms with E-state index in [1.807, 2.05) is 19.9 Å². The summed E-state index contributed by atoms with van der Waals surface area (Å²) in [6.45, 7) is 3.76. The third-order valence-electron chi connectivity index (χ3n) is 2.35. The van der Waals surface area contributed by atoms with Crippen LogP contribution in [0.2, 0.25) is 0 Å². The van der Waals surface area contributed by atoms with E-state index < -0.39 is 0 Å². The van der Waals surface area contributed by atoms with Crippen molar-refractivity contribution in [3.05, 3.63) is 29.8 Å². The molecule has 7 heteroatoms. The van der Waals surface area contributed by atoms with E-state index in [0.29, 0.717) is 17.3 Å². The molecule has 1 heterocycles. The van der Waals surface area contributed by atoms with Gasteiger partial charge in [-0.1, -0.05) is 0 Å². The molecule has 0 aliphatic heterocycles. The van der Waals surface area contributed by atoms with Gasteiger partial charge >= 0.3 is 12.0 Å². The maximum absolute atomic E-state index is 8.76. The lowest BCUT2D eigenvalue weighted by Crippen LogP contribution is -2.11. The van der Waals surface area contributed by atoms with Crippen LogP contribution in [0.4, 0.5) is 5.95 Å². The number of hydrogen-bond donors (Lipinski definition) is 1. The maximum Gasteiger partial charge on any atom is 0.330 e. The summed E-state index contributed by atoms with van der Waals surface area (Å²) in [5.41, 5.74) is 0.553. The normalized spacial score (nSPS) is 10.0. The number of benzene rings is 1. The molecular formula is C14H15N5O2. The average Bonchev–Trinajstić information content (AvgIpc) is 2.47.